The Bertz CT molecular complexity index is 870. The number of anilines is 1. The number of rotatable bonds is 5. The van der Waals surface area contributed by atoms with E-state index in [-0.39, 0.29) is 23.5 Å². The molecular formula is C15H18N6O6. The molecule has 0 aliphatic carbocycles. The number of aliphatic hydroxyl groups excluding tert-OH is 2. The molecule has 3 rings (SSSR count). The maximum Gasteiger partial charge on any atom is 0.406 e. The maximum absolute atomic E-state index is 11.5. The summed E-state index contributed by atoms with van der Waals surface area (Å²) in [7, 11) is 1.21. The fourth-order valence-corrected chi connectivity index (χ4v) is 2.68. The van der Waals surface area contributed by atoms with E-state index in [4.69, 9.17) is 4.74 Å². The summed E-state index contributed by atoms with van der Waals surface area (Å²) in [6, 6.07) is 0. The lowest BCUT2D eigenvalue weighted by atomic mass is 10.1. The molecule has 0 unspecified atom stereocenters. The Morgan fingerprint density at radius 2 is 2.15 bits per heavy atom. The first kappa shape index (κ1) is 18.7. The van der Waals surface area contributed by atoms with Crippen LogP contribution in [0.3, 0.4) is 0 Å². The van der Waals surface area contributed by atoms with Gasteiger partial charge in [-0.25, -0.2) is 19.7 Å². The fraction of sp³-hybridized carbons (Fsp3) is 0.400. The second-order valence-electron chi connectivity index (χ2n) is 5.66. The van der Waals surface area contributed by atoms with Crippen molar-refractivity contribution in [1.29, 1.82) is 0 Å². The molecular weight excluding hydrogens is 360 g/mol. The number of hydrogen-bond acceptors (Lipinski definition) is 9. The van der Waals surface area contributed by atoms with Crippen LogP contribution >= 0.6 is 0 Å². The summed E-state index contributed by atoms with van der Waals surface area (Å²) in [5, 5.41) is 25.4. The lowest BCUT2D eigenvalue weighted by molar-refractivity contribution is -0.111. The van der Waals surface area contributed by atoms with Gasteiger partial charge in [0.25, 0.3) is 0 Å². The number of amides is 2. The third-order valence-electron chi connectivity index (χ3n) is 4.03. The van der Waals surface area contributed by atoms with Gasteiger partial charge in [0.1, 0.15) is 24.6 Å². The van der Waals surface area contributed by atoms with Gasteiger partial charge in [-0.2, -0.15) is 0 Å². The molecule has 4 atom stereocenters. The highest BCUT2D eigenvalue weighted by molar-refractivity contribution is 6.02. The molecule has 27 heavy (non-hydrogen) atoms. The second-order valence-corrected chi connectivity index (χ2v) is 5.66. The third-order valence-corrected chi connectivity index (χ3v) is 4.03. The molecule has 1 aliphatic rings. The van der Waals surface area contributed by atoms with Crippen molar-refractivity contribution in [2.75, 3.05) is 19.0 Å². The number of imidazole rings is 1. The van der Waals surface area contributed by atoms with Crippen molar-refractivity contribution in [3.8, 4) is 0 Å². The Balaban J connectivity index is 1.85. The summed E-state index contributed by atoms with van der Waals surface area (Å²) in [5.41, 5.74) is 0.552. The molecule has 0 bridgehead atoms. The van der Waals surface area contributed by atoms with E-state index in [1.54, 1.807) is 0 Å². The number of hydrogen-bond donors (Lipinski definition) is 4. The molecule has 144 valence electrons. The van der Waals surface area contributed by atoms with Gasteiger partial charge in [0.05, 0.1) is 13.4 Å². The Morgan fingerprint density at radius 1 is 1.37 bits per heavy atom. The number of carbonyl (C=O) groups is 2. The summed E-state index contributed by atoms with van der Waals surface area (Å²) < 4.78 is 11.5. The summed E-state index contributed by atoms with van der Waals surface area (Å²) >= 11 is 0. The molecule has 0 saturated carbocycles. The SMILES string of the molecule is C=CC(=O)Nc1ncnc2c1ncn2[C@@H]1O[C@H](CNC(=O)OC)[C@@H](O)[C@H]1O. The van der Waals surface area contributed by atoms with Crippen molar-refractivity contribution in [3.05, 3.63) is 25.3 Å². The van der Waals surface area contributed by atoms with Gasteiger partial charge in [0, 0.05) is 6.54 Å². The predicted molar refractivity (Wildman–Crippen MR) is 90.5 cm³/mol. The Morgan fingerprint density at radius 3 is 2.85 bits per heavy atom. The van der Waals surface area contributed by atoms with Crippen LogP contribution in [0.2, 0.25) is 0 Å². The van der Waals surface area contributed by atoms with E-state index in [1.807, 2.05) is 0 Å². The number of alkyl carbamates (subject to hydrolysis) is 1. The zero-order chi connectivity index (χ0) is 19.6. The predicted octanol–water partition coefficient (Wildman–Crippen LogP) is -1.07. The van der Waals surface area contributed by atoms with Crippen LogP contribution < -0.4 is 10.6 Å². The van der Waals surface area contributed by atoms with E-state index in [1.165, 1.54) is 24.3 Å². The highest BCUT2D eigenvalue weighted by atomic mass is 16.6. The first-order chi connectivity index (χ1) is 13.0. The highest BCUT2D eigenvalue weighted by Gasteiger charge is 2.44. The summed E-state index contributed by atoms with van der Waals surface area (Å²) in [4.78, 5) is 34.9. The molecule has 0 aromatic carbocycles. The number of fused-ring (bicyclic) bond motifs is 1. The first-order valence-electron chi connectivity index (χ1n) is 7.90. The van der Waals surface area contributed by atoms with Crippen LogP contribution in [0.1, 0.15) is 6.23 Å². The normalized spacial score (nSPS) is 24.6. The van der Waals surface area contributed by atoms with Gasteiger partial charge in [-0.15, -0.1) is 0 Å². The number of aromatic nitrogens is 4. The number of ether oxygens (including phenoxy) is 2. The number of aliphatic hydroxyl groups is 2. The molecule has 2 amide bonds. The van der Waals surface area contributed by atoms with Crippen LogP contribution in [0.15, 0.2) is 25.3 Å². The Kier molecular flexibility index (Phi) is 5.30. The van der Waals surface area contributed by atoms with Crippen molar-refractivity contribution in [1.82, 2.24) is 24.8 Å². The van der Waals surface area contributed by atoms with Gasteiger partial charge in [-0.1, -0.05) is 6.58 Å². The van der Waals surface area contributed by atoms with Crippen molar-refractivity contribution in [3.63, 3.8) is 0 Å². The highest BCUT2D eigenvalue weighted by Crippen LogP contribution is 2.32. The minimum atomic E-state index is -1.30. The van der Waals surface area contributed by atoms with E-state index in [2.05, 4.69) is 36.9 Å². The molecule has 0 spiro atoms. The monoisotopic (exact) mass is 378 g/mol. The quantitative estimate of drug-likeness (QED) is 0.475. The van der Waals surface area contributed by atoms with Crippen molar-refractivity contribution < 1.29 is 29.3 Å². The van der Waals surface area contributed by atoms with Gasteiger partial charge in [0.2, 0.25) is 5.91 Å². The number of nitrogens with zero attached hydrogens (tertiary/aromatic N) is 4. The molecule has 12 heteroatoms. The molecule has 1 saturated heterocycles. The van der Waals surface area contributed by atoms with Gasteiger partial charge >= 0.3 is 6.09 Å². The minimum Gasteiger partial charge on any atom is -0.453 e. The number of carbonyl (C=O) groups excluding carboxylic acids is 2. The zero-order valence-corrected chi connectivity index (χ0v) is 14.3. The molecule has 12 nitrogen and oxygen atoms in total. The maximum atomic E-state index is 11.5. The summed E-state index contributed by atoms with van der Waals surface area (Å²) in [5.74, 6) is -0.299. The molecule has 2 aromatic rings. The standard InChI is InChI=1S/C15H18N6O6/c1-3-8(22)20-12-9-13(18-5-17-12)21(6-19-9)14-11(24)10(23)7(27-14)4-16-15(25)26-2/h3,5-7,10-11,14,23-24H,1,4H2,2H3,(H,16,25)(H,17,18,20,22)/t7-,10-,11-,14-/m1/s1. The first-order valence-corrected chi connectivity index (χ1v) is 7.90. The Hall–Kier alpha value is -3.09. The van der Waals surface area contributed by atoms with E-state index >= 15 is 0 Å². The topological polar surface area (TPSA) is 161 Å². The molecule has 1 fully saturated rings. The van der Waals surface area contributed by atoms with Crippen molar-refractivity contribution >= 4 is 29.0 Å². The van der Waals surface area contributed by atoms with Gasteiger partial charge in [-0.05, 0) is 6.08 Å². The smallest absolute Gasteiger partial charge is 0.406 e. The number of methoxy groups -OCH3 is 1. The van der Waals surface area contributed by atoms with Crippen LogP contribution in [0.25, 0.3) is 11.2 Å². The van der Waals surface area contributed by atoms with Crippen LogP contribution in [0.5, 0.6) is 0 Å². The summed E-state index contributed by atoms with van der Waals surface area (Å²) in [6.07, 6.45) is -1.47. The minimum absolute atomic E-state index is 0.0658. The van der Waals surface area contributed by atoms with Gasteiger partial charge < -0.3 is 30.3 Å². The largest absolute Gasteiger partial charge is 0.453 e. The van der Waals surface area contributed by atoms with Crippen LogP contribution in [0.4, 0.5) is 10.6 Å². The average Bonchev–Trinajstić information content (AvgIpc) is 3.22. The zero-order valence-electron chi connectivity index (χ0n) is 14.3. The Labute approximate surface area is 152 Å². The fourth-order valence-electron chi connectivity index (χ4n) is 2.68. The van der Waals surface area contributed by atoms with E-state index in [0.717, 1.165) is 6.08 Å². The van der Waals surface area contributed by atoms with E-state index in [0.29, 0.717) is 0 Å². The molecule has 2 aromatic heterocycles. The average molecular weight is 378 g/mol. The van der Waals surface area contributed by atoms with Gasteiger partial charge in [-0.3, -0.25) is 9.36 Å². The van der Waals surface area contributed by atoms with Crippen molar-refractivity contribution in [2.45, 2.75) is 24.5 Å². The lowest BCUT2D eigenvalue weighted by Gasteiger charge is -2.16. The van der Waals surface area contributed by atoms with Crippen LogP contribution in [0, 0.1) is 0 Å². The lowest BCUT2D eigenvalue weighted by Crippen LogP contribution is -2.39. The second kappa shape index (κ2) is 7.65. The third kappa shape index (κ3) is 3.58. The van der Waals surface area contributed by atoms with Gasteiger partial charge in [0.15, 0.2) is 23.2 Å². The van der Waals surface area contributed by atoms with E-state index < -0.39 is 36.5 Å². The van der Waals surface area contributed by atoms with Crippen LogP contribution in [-0.2, 0) is 14.3 Å². The molecule has 3 heterocycles. The van der Waals surface area contributed by atoms with E-state index in [9.17, 15) is 19.8 Å². The molecule has 4 N–H and O–H groups in total. The van der Waals surface area contributed by atoms with Crippen LogP contribution in [-0.4, -0.2) is 73.7 Å². The molecule has 1 aliphatic heterocycles. The van der Waals surface area contributed by atoms with Crippen molar-refractivity contribution in [2.24, 2.45) is 0 Å². The number of nitrogens with one attached hydrogen (secondary N) is 2. The molecule has 0 radical (unpaired) electrons. The summed E-state index contributed by atoms with van der Waals surface area (Å²) in [6.45, 7) is 3.30.